The van der Waals surface area contributed by atoms with E-state index in [2.05, 4.69) is 15.4 Å². The zero-order chi connectivity index (χ0) is 14.6. The van der Waals surface area contributed by atoms with Gasteiger partial charge in [0.05, 0.1) is 18.6 Å². The van der Waals surface area contributed by atoms with Crippen molar-refractivity contribution < 1.29 is 17.9 Å². The van der Waals surface area contributed by atoms with Gasteiger partial charge in [0.1, 0.15) is 11.6 Å². The lowest BCUT2D eigenvalue weighted by atomic mass is 10.2. The first kappa shape index (κ1) is 15.5. The quantitative estimate of drug-likeness (QED) is 0.639. The number of nitrogens with one attached hydrogen (secondary N) is 1. The number of ether oxygens (including phenoxy) is 1. The summed E-state index contributed by atoms with van der Waals surface area (Å²) in [6.45, 7) is 4.88. The van der Waals surface area contributed by atoms with Crippen LogP contribution in [-0.2, 0) is 0 Å². The van der Waals surface area contributed by atoms with Crippen molar-refractivity contribution in [1.29, 1.82) is 0 Å². The summed E-state index contributed by atoms with van der Waals surface area (Å²) in [5, 5.41) is 0. The van der Waals surface area contributed by atoms with E-state index in [0.29, 0.717) is 17.2 Å². The molecule has 0 aliphatic heterocycles. The summed E-state index contributed by atoms with van der Waals surface area (Å²) >= 11 is 0. The molecule has 1 heterocycles. The molecule has 0 unspecified atom stereocenters. The van der Waals surface area contributed by atoms with Crippen LogP contribution in [0.25, 0.3) is 0 Å². The number of anilines is 1. The molecule has 108 valence electrons. The van der Waals surface area contributed by atoms with E-state index in [4.69, 9.17) is 10.6 Å². The highest BCUT2D eigenvalue weighted by molar-refractivity contribution is 5.47. The lowest BCUT2D eigenvalue weighted by Crippen LogP contribution is -2.17. The van der Waals surface area contributed by atoms with E-state index in [-0.39, 0.29) is 11.8 Å². The molecule has 19 heavy (non-hydrogen) atoms. The fourth-order valence-corrected chi connectivity index (χ4v) is 1.32. The van der Waals surface area contributed by atoms with Crippen molar-refractivity contribution in [2.24, 2.45) is 5.84 Å². The summed E-state index contributed by atoms with van der Waals surface area (Å²) in [5.74, 6) is 6.25. The Bertz CT molecular complexity index is 435. The minimum Gasteiger partial charge on any atom is -0.477 e. The van der Waals surface area contributed by atoms with E-state index >= 15 is 0 Å². The molecule has 0 aromatic carbocycles. The summed E-state index contributed by atoms with van der Waals surface area (Å²) < 4.78 is 41.3. The predicted octanol–water partition coefficient (Wildman–Crippen LogP) is 2.53. The van der Waals surface area contributed by atoms with E-state index in [1.54, 1.807) is 6.92 Å². The van der Waals surface area contributed by atoms with E-state index in [9.17, 15) is 13.2 Å². The first-order valence-electron chi connectivity index (χ1n) is 5.79. The van der Waals surface area contributed by atoms with E-state index in [0.717, 1.165) is 0 Å². The van der Waals surface area contributed by atoms with Crippen LogP contribution in [0.4, 0.5) is 19.0 Å². The molecule has 0 saturated heterocycles. The molecule has 1 aromatic rings. The Labute approximate surface area is 109 Å². The van der Waals surface area contributed by atoms with Gasteiger partial charge in [-0.3, -0.25) is 0 Å². The third-order valence-electron chi connectivity index (χ3n) is 2.40. The third kappa shape index (κ3) is 4.55. The zero-order valence-corrected chi connectivity index (χ0v) is 11.0. The Morgan fingerprint density at radius 1 is 1.32 bits per heavy atom. The Morgan fingerprint density at radius 3 is 2.42 bits per heavy atom. The third-order valence-corrected chi connectivity index (χ3v) is 2.40. The Morgan fingerprint density at radius 2 is 1.95 bits per heavy atom. The normalized spacial score (nSPS) is 11.8. The lowest BCUT2D eigenvalue weighted by molar-refractivity contribution is -0.139. The van der Waals surface area contributed by atoms with Crippen LogP contribution in [0.1, 0.15) is 37.6 Å². The summed E-state index contributed by atoms with van der Waals surface area (Å²) in [5.41, 5.74) is 2.86. The van der Waals surface area contributed by atoms with Crippen molar-refractivity contribution >= 4 is 5.82 Å². The molecule has 0 fully saturated rings. The summed E-state index contributed by atoms with van der Waals surface area (Å²) in [6.07, 6.45) is -5.28. The van der Waals surface area contributed by atoms with Crippen LogP contribution in [0.15, 0.2) is 0 Å². The highest BCUT2D eigenvalue weighted by Crippen LogP contribution is 2.25. The van der Waals surface area contributed by atoms with Gasteiger partial charge in [-0.15, -0.1) is 0 Å². The number of hydrogen-bond donors (Lipinski definition) is 2. The minimum absolute atomic E-state index is 0.0117. The first-order chi connectivity index (χ1) is 8.74. The molecule has 1 aromatic heterocycles. The van der Waals surface area contributed by atoms with Gasteiger partial charge in [0.25, 0.3) is 0 Å². The average Bonchev–Trinajstić information content (AvgIpc) is 2.29. The van der Waals surface area contributed by atoms with Crippen molar-refractivity contribution in [3.8, 4) is 5.88 Å². The van der Waals surface area contributed by atoms with Gasteiger partial charge in [-0.2, -0.15) is 18.2 Å². The molecule has 0 saturated carbocycles. The van der Waals surface area contributed by atoms with Crippen molar-refractivity contribution in [3.63, 3.8) is 0 Å². The van der Waals surface area contributed by atoms with Gasteiger partial charge in [-0.25, -0.2) is 10.8 Å². The van der Waals surface area contributed by atoms with Crippen LogP contribution in [0.2, 0.25) is 0 Å². The monoisotopic (exact) mass is 278 g/mol. The number of aromatic nitrogens is 2. The van der Waals surface area contributed by atoms with Crippen LogP contribution in [0.5, 0.6) is 5.88 Å². The Hall–Kier alpha value is -1.57. The number of hydrogen-bond acceptors (Lipinski definition) is 5. The van der Waals surface area contributed by atoms with Gasteiger partial charge in [-0.1, -0.05) is 13.8 Å². The molecule has 0 spiro atoms. The lowest BCUT2D eigenvalue weighted by Gasteiger charge is -2.14. The van der Waals surface area contributed by atoms with Gasteiger partial charge in [0.2, 0.25) is 5.88 Å². The van der Waals surface area contributed by atoms with Crippen LogP contribution in [0.3, 0.4) is 0 Å². The molecular formula is C11H17F3N4O. The van der Waals surface area contributed by atoms with Gasteiger partial charge >= 0.3 is 6.18 Å². The molecule has 0 aliphatic carbocycles. The van der Waals surface area contributed by atoms with E-state index in [1.807, 2.05) is 13.8 Å². The molecule has 0 atom stereocenters. The van der Waals surface area contributed by atoms with Gasteiger partial charge in [0, 0.05) is 5.92 Å². The van der Waals surface area contributed by atoms with Crippen LogP contribution in [-0.4, -0.2) is 22.8 Å². The predicted molar refractivity (Wildman–Crippen MR) is 64.8 cm³/mol. The molecule has 1 rings (SSSR count). The molecule has 8 heteroatoms. The second-order valence-corrected chi connectivity index (χ2v) is 4.37. The highest BCUT2D eigenvalue weighted by atomic mass is 19.4. The molecule has 0 bridgehead atoms. The highest BCUT2D eigenvalue weighted by Gasteiger charge is 2.27. The van der Waals surface area contributed by atoms with Crippen LogP contribution in [0, 0.1) is 6.92 Å². The fourth-order valence-electron chi connectivity index (χ4n) is 1.32. The van der Waals surface area contributed by atoms with Gasteiger partial charge < -0.3 is 10.2 Å². The summed E-state index contributed by atoms with van der Waals surface area (Å²) in [4.78, 5) is 8.26. The molecule has 5 nitrogen and oxygen atoms in total. The maximum Gasteiger partial charge on any atom is 0.392 e. The van der Waals surface area contributed by atoms with Crippen LogP contribution >= 0.6 is 0 Å². The van der Waals surface area contributed by atoms with Gasteiger partial charge in [0.15, 0.2) is 0 Å². The van der Waals surface area contributed by atoms with Crippen molar-refractivity contribution in [3.05, 3.63) is 11.4 Å². The number of rotatable bonds is 5. The van der Waals surface area contributed by atoms with Crippen molar-refractivity contribution in [2.45, 2.75) is 39.3 Å². The largest absolute Gasteiger partial charge is 0.477 e. The van der Waals surface area contributed by atoms with E-state index < -0.39 is 19.2 Å². The molecular weight excluding hydrogens is 261 g/mol. The number of halogens is 3. The summed E-state index contributed by atoms with van der Waals surface area (Å²) in [7, 11) is 0. The minimum atomic E-state index is -4.25. The first-order valence-corrected chi connectivity index (χ1v) is 5.79. The maximum atomic E-state index is 12.1. The number of nitrogens with two attached hydrogens (primary N) is 1. The smallest absolute Gasteiger partial charge is 0.392 e. The van der Waals surface area contributed by atoms with Gasteiger partial charge in [-0.05, 0) is 6.92 Å². The molecule has 0 aliphatic rings. The second-order valence-electron chi connectivity index (χ2n) is 4.37. The summed E-state index contributed by atoms with van der Waals surface area (Å²) in [6, 6.07) is 0. The molecule has 3 N–H and O–H groups in total. The number of alkyl halides is 3. The van der Waals surface area contributed by atoms with Crippen molar-refractivity contribution in [2.75, 3.05) is 12.0 Å². The Kier molecular flexibility index (Phi) is 4.93. The average molecular weight is 278 g/mol. The number of nitrogens with zero attached hydrogens (tertiary/aromatic N) is 2. The van der Waals surface area contributed by atoms with E-state index in [1.165, 1.54) is 0 Å². The Balaban J connectivity index is 2.89. The zero-order valence-electron chi connectivity index (χ0n) is 11.0. The van der Waals surface area contributed by atoms with Crippen molar-refractivity contribution in [1.82, 2.24) is 9.97 Å². The van der Waals surface area contributed by atoms with Crippen LogP contribution < -0.4 is 16.0 Å². The number of nitrogen functional groups attached to an aromatic ring is 1. The standard InChI is InChI=1S/C11H17F3N4O/c1-6(2)8-16-9(18-15)7(3)10(17-8)19-5-4-11(12,13)14/h6H,4-5,15H2,1-3H3,(H,16,17,18). The second kappa shape index (κ2) is 6.05. The maximum absolute atomic E-state index is 12.1. The molecule has 0 amide bonds. The topological polar surface area (TPSA) is 73.1 Å². The SMILES string of the molecule is Cc1c(NN)nc(C(C)C)nc1OCCC(F)(F)F. The molecule has 0 radical (unpaired) electrons. The fraction of sp³-hybridized carbons (Fsp3) is 0.636. The number of hydrazine groups is 1.